The number of methoxy groups -OCH3 is 1. The highest BCUT2D eigenvalue weighted by Gasteiger charge is 2.21. The van der Waals surface area contributed by atoms with Gasteiger partial charge in [0.05, 0.1) is 19.3 Å². The molecule has 2 heterocycles. The first-order valence-electron chi connectivity index (χ1n) is 9.30. The Bertz CT molecular complexity index is 980. The van der Waals surface area contributed by atoms with Crippen LogP contribution in [-0.4, -0.2) is 45.9 Å². The minimum absolute atomic E-state index is 0.0603. The number of para-hydroxylation sites is 2. The van der Waals surface area contributed by atoms with E-state index < -0.39 is 0 Å². The fourth-order valence-corrected chi connectivity index (χ4v) is 2.60. The monoisotopic (exact) mass is 430 g/mol. The Hall–Kier alpha value is -2.97. The Labute approximate surface area is 180 Å². The molecule has 0 fully saturated rings. The summed E-state index contributed by atoms with van der Waals surface area (Å²) in [6, 6.07) is 8.87. The first-order chi connectivity index (χ1) is 14.4. The molecule has 2 aromatic heterocycles. The summed E-state index contributed by atoms with van der Waals surface area (Å²) in [6.07, 6.45) is 3.19. The molecule has 9 heteroatoms. The van der Waals surface area contributed by atoms with Gasteiger partial charge < -0.3 is 18.9 Å². The Balaban J connectivity index is 1.93. The summed E-state index contributed by atoms with van der Waals surface area (Å²) in [5, 5.41) is 0.0603. The summed E-state index contributed by atoms with van der Waals surface area (Å²) in [5.41, 5.74) is -0.285. The van der Waals surface area contributed by atoms with Gasteiger partial charge in [-0.05, 0) is 39.0 Å². The van der Waals surface area contributed by atoms with E-state index in [9.17, 15) is 0 Å². The van der Waals surface area contributed by atoms with Gasteiger partial charge in [0.25, 0.3) is 5.88 Å². The van der Waals surface area contributed by atoms with Crippen LogP contribution in [-0.2, 0) is 4.74 Å². The average Bonchev–Trinajstić information content (AvgIpc) is 2.73. The summed E-state index contributed by atoms with van der Waals surface area (Å²) < 4.78 is 22.8. The zero-order valence-electron chi connectivity index (χ0n) is 17.3. The van der Waals surface area contributed by atoms with Gasteiger partial charge in [-0.2, -0.15) is 4.98 Å². The van der Waals surface area contributed by atoms with Crippen LogP contribution in [0.25, 0.3) is 11.6 Å². The lowest BCUT2D eigenvalue weighted by molar-refractivity contribution is -0.0170. The van der Waals surface area contributed by atoms with E-state index in [1.165, 1.54) is 0 Å². The molecule has 0 N–H and O–H groups in total. The molecule has 0 amide bonds. The predicted molar refractivity (Wildman–Crippen MR) is 112 cm³/mol. The van der Waals surface area contributed by atoms with E-state index in [0.29, 0.717) is 23.9 Å². The van der Waals surface area contributed by atoms with Crippen LogP contribution in [0.15, 0.2) is 42.7 Å². The molecule has 0 atom stereocenters. The zero-order chi connectivity index (χ0) is 21.6. The van der Waals surface area contributed by atoms with Crippen molar-refractivity contribution in [1.82, 2.24) is 19.9 Å². The fraction of sp³-hybridized carbons (Fsp3) is 0.333. The summed E-state index contributed by atoms with van der Waals surface area (Å²) in [4.78, 5) is 17.0. The maximum absolute atomic E-state index is 6.43. The van der Waals surface area contributed by atoms with E-state index in [-0.39, 0.29) is 34.8 Å². The molecule has 0 aliphatic rings. The largest absolute Gasteiger partial charge is 0.493 e. The van der Waals surface area contributed by atoms with Gasteiger partial charge in [0.1, 0.15) is 6.61 Å². The van der Waals surface area contributed by atoms with Crippen LogP contribution in [0.2, 0.25) is 5.15 Å². The van der Waals surface area contributed by atoms with Crippen molar-refractivity contribution >= 4 is 11.6 Å². The molecule has 0 bridgehead atoms. The van der Waals surface area contributed by atoms with Gasteiger partial charge >= 0.3 is 0 Å². The van der Waals surface area contributed by atoms with Crippen molar-refractivity contribution in [2.24, 2.45) is 0 Å². The normalized spacial score (nSPS) is 11.2. The van der Waals surface area contributed by atoms with Gasteiger partial charge in [0, 0.05) is 12.4 Å². The Morgan fingerprint density at radius 1 is 0.900 bits per heavy atom. The number of aromatic nitrogens is 4. The van der Waals surface area contributed by atoms with Crippen LogP contribution in [0.3, 0.4) is 0 Å². The van der Waals surface area contributed by atoms with Crippen molar-refractivity contribution in [2.45, 2.75) is 26.4 Å². The molecule has 0 radical (unpaired) electrons. The molecule has 1 aromatic carbocycles. The molecular formula is C21H23ClN4O4. The lowest BCUT2D eigenvalue weighted by Gasteiger charge is -2.20. The molecule has 158 valence electrons. The number of hydrogen-bond donors (Lipinski definition) is 0. The van der Waals surface area contributed by atoms with Crippen molar-refractivity contribution in [3.8, 4) is 34.8 Å². The van der Waals surface area contributed by atoms with Crippen LogP contribution >= 0.6 is 11.6 Å². The first kappa shape index (κ1) is 21.7. The number of hydrogen-bond acceptors (Lipinski definition) is 8. The van der Waals surface area contributed by atoms with E-state index in [2.05, 4.69) is 19.9 Å². The number of nitrogens with zero attached hydrogens (tertiary/aromatic N) is 4. The third-order valence-corrected chi connectivity index (χ3v) is 3.95. The number of halogens is 1. The van der Waals surface area contributed by atoms with Crippen LogP contribution < -0.4 is 14.2 Å². The van der Waals surface area contributed by atoms with Crippen molar-refractivity contribution < 1.29 is 18.9 Å². The summed E-state index contributed by atoms with van der Waals surface area (Å²) in [5.74, 6) is 1.84. The van der Waals surface area contributed by atoms with E-state index in [0.717, 1.165) is 0 Å². The lowest BCUT2D eigenvalue weighted by Crippen LogP contribution is -2.22. The molecule has 0 aliphatic carbocycles. The second kappa shape index (κ2) is 9.69. The fourth-order valence-electron chi connectivity index (χ4n) is 2.40. The lowest BCUT2D eigenvalue weighted by atomic mass is 10.2. The highest BCUT2D eigenvalue weighted by atomic mass is 35.5. The zero-order valence-corrected chi connectivity index (χ0v) is 18.0. The molecule has 0 saturated carbocycles. The first-order valence-corrected chi connectivity index (χ1v) is 9.68. The highest BCUT2D eigenvalue weighted by Crippen LogP contribution is 2.40. The maximum atomic E-state index is 6.43. The molecule has 30 heavy (non-hydrogen) atoms. The van der Waals surface area contributed by atoms with Crippen molar-refractivity contribution in [3.05, 3.63) is 47.9 Å². The smallest absolute Gasteiger partial charge is 0.263 e. The number of benzene rings is 1. The average molecular weight is 431 g/mol. The molecule has 3 aromatic rings. The third kappa shape index (κ3) is 5.77. The quantitative estimate of drug-likeness (QED) is 0.379. The van der Waals surface area contributed by atoms with Crippen LogP contribution in [0.5, 0.6) is 23.1 Å². The minimum Gasteiger partial charge on any atom is -0.493 e. The molecule has 0 saturated heterocycles. The van der Waals surface area contributed by atoms with Crippen LogP contribution in [0.4, 0.5) is 0 Å². The summed E-state index contributed by atoms with van der Waals surface area (Å²) in [6.45, 7) is 6.50. The van der Waals surface area contributed by atoms with Gasteiger partial charge in [0.2, 0.25) is 11.6 Å². The molecule has 8 nitrogen and oxygen atoms in total. The topological polar surface area (TPSA) is 88.5 Å². The van der Waals surface area contributed by atoms with Crippen LogP contribution in [0, 0.1) is 0 Å². The van der Waals surface area contributed by atoms with Gasteiger partial charge in [-0.3, -0.25) is 0 Å². The van der Waals surface area contributed by atoms with E-state index in [1.807, 2.05) is 32.9 Å². The van der Waals surface area contributed by atoms with Gasteiger partial charge in [-0.1, -0.05) is 23.7 Å². The molecular weight excluding hydrogens is 408 g/mol. The Morgan fingerprint density at radius 3 is 2.27 bits per heavy atom. The van der Waals surface area contributed by atoms with Gasteiger partial charge in [-0.25, -0.2) is 15.0 Å². The highest BCUT2D eigenvalue weighted by molar-refractivity contribution is 6.31. The SMILES string of the molecule is COc1ccccc1Oc1c(Cl)nc(-c2ncccn2)nc1OCCOC(C)(C)C. The van der Waals surface area contributed by atoms with Crippen molar-refractivity contribution in [1.29, 1.82) is 0 Å². The van der Waals surface area contributed by atoms with E-state index >= 15 is 0 Å². The third-order valence-electron chi connectivity index (χ3n) is 3.70. The van der Waals surface area contributed by atoms with Crippen molar-refractivity contribution in [2.75, 3.05) is 20.3 Å². The minimum atomic E-state index is -0.285. The predicted octanol–water partition coefficient (Wildman–Crippen LogP) is 4.58. The Morgan fingerprint density at radius 2 is 1.60 bits per heavy atom. The van der Waals surface area contributed by atoms with Crippen LogP contribution in [0.1, 0.15) is 20.8 Å². The molecule has 0 spiro atoms. The second-order valence-electron chi connectivity index (χ2n) is 7.11. The molecule has 3 rings (SSSR count). The summed E-state index contributed by atoms with van der Waals surface area (Å²) >= 11 is 6.43. The van der Waals surface area contributed by atoms with Gasteiger partial charge in [-0.15, -0.1) is 0 Å². The van der Waals surface area contributed by atoms with Gasteiger partial charge in [0.15, 0.2) is 22.5 Å². The standard InChI is InChI=1S/C21H23ClN4O4/c1-21(2,3)29-13-12-28-20-16(30-15-9-6-5-8-14(15)27-4)17(22)25-19(26-20)18-23-10-7-11-24-18/h5-11H,12-13H2,1-4H3. The van der Waals surface area contributed by atoms with E-state index in [4.69, 9.17) is 30.5 Å². The number of rotatable bonds is 8. The maximum Gasteiger partial charge on any atom is 0.263 e. The Kier molecular flexibility index (Phi) is 7.02. The van der Waals surface area contributed by atoms with E-state index in [1.54, 1.807) is 37.7 Å². The number of ether oxygens (including phenoxy) is 4. The summed E-state index contributed by atoms with van der Waals surface area (Å²) in [7, 11) is 1.55. The molecule has 0 aliphatic heterocycles. The molecule has 0 unspecified atom stereocenters. The van der Waals surface area contributed by atoms with Crippen molar-refractivity contribution in [3.63, 3.8) is 0 Å². The second-order valence-corrected chi connectivity index (χ2v) is 7.46.